The Morgan fingerprint density at radius 1 is 0.909 bits per heavy atom. The van der Waals surface area contributed by atoms with Gasteiger partial charge in [-0.3, -0.25) is 9.78 Å². The van der Waals surface area contributed by atoms with Gasteiger partial charge in [0.2, 0.25) is 0 Å². The summed E-state index contributed by atoms with van der Waals surface area (Å²) < 4.78 is 1.70. The zero-order valence-electron chi connectivity index (χ0n) is 17.3. The normalized spacial score (nSPS) is 11.2. The third-order valence-electron chi connectivity index (χ3n) is 5.43. The van der Waals surface area contributed by atoms with E-state index in [1.165, 1.54) is 0 Å². The number of aromatic amines is 1. The lowest BCUT2D eigenvalue weighted by Gasteiger charge is -2.08. The number of hydrogen-bond acceptors (Lipinski definition) is 5. The van der Waals surface area contributed by atoms with Crippen LogP contribution in [0.4, 0.5) is 5.69 Å². The maximum Gasteiger partial charge on any atom is 0.257 e. The van der Waals surface area contributed by atoms with Crippen molar-refractivity contribution < 1.29 is 4.79 Å². The molecule has 2 aromatic carbocycles. The second kappa shape index (κ2) is 7.69. The number of para-hydroxylation sites is 1. The molecule has 0 fully saturated rings. The van der Waals surface area contributed by atoms with Crippen molar-refractivity contribution in [2.45, 2.75) is 0 Å². The molecule has 158 valence electrons. The van der Waals surface area contributed by atoms with Crippen molar-refractivity contribution in [2.75, 3.05) is 5.32 Å². The van der Waals surface area contributed by atoms with E-state index in [9.17, 15) is 4.79 Å². The molecule has 0 bridgehead atoms. The molecule has 0 aliphatic heterocycles. The summed E-state index contributed by atoms with van der Waals surface area (Å²) in [5.74, 6) is 0.439. The van der Waals surface area contributed by atoms with E-state index >= 15 is 0 Å². The fourth-order valence-electron chi connectivity index (χ4n) is 3.83. The average molecular weight is 431 g/mol. The van der Waals surface area contributed by atoms with Crippen molar-refractivity contribution in [1.29, 1.82) is 0 Å². The number of H-pyrrole nitrogens is 1. The summed E-state index contributed by atoms with van der Waals surface area (Å²) >= 11 is 0. The Morgan fingerprint density at radius 3 is 2.73 bits per heavy atom. The summed E-state index contributed by atoms with van der Waals surface area (Å²) in [7, 11) is 0. The van der Waals surface area contributed by atoms with E-state index in [1.807, 2.05) is 72.8 Å². The number of rotatable bonds is 4. The standard InChI is InChI=1S/C25H17N7O/c33-25(20-15-27-22-9-2-1-8-19(20)22)28-18-7-3-5-16(13-18)21-10-11-23-29-30-24(32(23)31-21)17-6-4-12-26-14-17/h1-15,27H,(H,28,33). The number of benzene rings is 2. The summed E-state index contributed by atoms with van der Waals surface area (Å²) in [5.41, 5.74) is 5.26. The van der Waals surface area contributed by atoms with Crippen LogP contribution in [-0.4, -0.2) is 35.7 Å². The lowest BCUT2D eigenvalue weighted by atomic mass is 10.1. The minimum atomic E-state index is -0.175. The largest absolute Gasteiger partial charge is 0.360 e. The van der Waals surface area contributed by atoms with Gasteiger partial charge in [-0.25, -0.2) is 0 Å². The van der Waals surface area contributed by atoms with Crippen molar-refractivity contribution >= 4 is 28.1 Å². The van der Waals surface area contributed by atoms with Crippen LogP contribution in [0.25, 0.3) is 39.2 Å². The number of aromatic nitrogens is 6. The second-order valence-corrected chi connectivity index (χ2v) is 7.54. The minimum Gasteiger partial charge on any atom is -0.360 e. The molecule has 0 unspecified atom stereocenters. The number of carbonyl (C=O) groups excluding carboxylic acids is 1. The maximum absolute atomic E-state index is 12.9. The van der Waals surface area contributed by atoms with Gasteiger partial charge in [-0.2, -0.15) is 9.61 Å². The van der Waals surface area contributed by atoms with Gasteiger partial charge < -0.3 is 10.3 Å². The van der Waals surface area contributed by atoms with E-state index in [1.54, 1.807) is 23.1 Å². The molecular formula is C25H17N7O. The lowest BCUT2D eigenvalue weighted by Crippen LogP contribution is -2.11. The topological polar surface area (TPSA) is 101 Å². The van der Waals surface area contributed by atoms with Gasteiger partial charge in [-0.15, -0.1) is 10.2 Å². The fourth-order valence-corrected chi connectivity index (χ4v) is 3.83. The monoisotopic (exact) mass is 431 g/mol. The first-order chi connectivity index (χ1) is 16.3. The Morgan fingerprint density at radius 2 is 1.82 bits per heavy atom. The zero-order valence-corrected chi connectivity index (χ0v) is 17.3. The lowest BCUT2D eigenvalue weighted by molar-refractivity contribution is 0.102. The van der Waals surface area contributed by atoms with E-state index in [4.69, 9.17) is 5.10 Å². The van der Waals surface area contributed by atoms with E-state index in [-0.39, 0.29) is 5.91 Å². The molecule has 4 aromatic heterocycles. The number of nitrogens with one attached hydrogen (secondary N) is 2. The molecule has 0 radical (unpaired) electrons. The molecule has 6 rings (SSSR count). The molecular weight excluding hydrogens is 414 g/mol. The van der Waals surface area contributed by atoms with Gasteiger partial charge in [0, 0.05) is 46.3 Å². The first-order valence-electron chi connectivity index (χ1n) is 10.4. The van der Waals surface area contributed by atoms with Gasteiger partial charge in [0.15, 0.2) is 11.5 Å². The quantitative estimate of drug-likeness (QED) is 0.425. The van der Waals surface area contributed by atoms with Gasteiger partial charge in [0.25, 0.3) is 5.91 Å². The highest BCUT2D eigenvalue weighted by Crippen LogP contribution is 2.24. The van der Waals surface area contributed by atoms with Crippen LogP contribution < -0.4 is 5.32 Å². The zero-order chi connectivity index (χ0) is 22.2. The Bertz CT molecular complexity index is 1620. The average Bonchev–Trinajstić information content (AvgIpc) is 3.49. The number of pyridine rings is 1. The van der Waals surface area contributed by atoms with Crippen LogP contribution in [0.3, 0.4) is 0 Å². The second-order valence-electron chi connectivity index (χ2n) is 7.54. The third-order valence-corrected chi connectivity index (χ3v) is 5.43. The molecule has 1 amide bonds. The van der Waals surface area contributed by atoms with Gasteiger partial charge in [-0.1, -0.05) is 30.3 Å². The Labute approximate surface area is 188 Å². The van der Waals surface area contributed by atoms with Crippen molar-refractivity contribution in [3.05, 3.63) is 97.0 Å². The molecule has 2 N–H and O–H groups in total. The van der Waals surface area contributed by atoms with E-state index in [2.05, 4.69) is 25.5 Å². The molecule has 0 saturated carbocycles. The van der Waals surface area contributed by atoms with Crippen LogP contribution in [0.2, 0.25) is 0 Å². The van der Waals surface area contributed by atoms with Crippen molar-refractivity contribution in [3.63, 3.8) is 0 Å². The highest BCUT2D eigenvalue weighted by molar-refractivity contribution is 6.12. The van der Waals surface area contributed by atoms with Crippen LogP contribution in [0, 0.1) is 0 Å². The summed E-state index contributed by atoms with van der Waals surface area (Å²) in [6, 6.07) is 22.8. The van der Waals surface area contributed by atoms with Gasteiger partial charge in [-0.05, 0) is 42.5 Å². The highest BCUT2D eigenvalue weighted by atomic mass is 16.1. The fraction of sp³-hybridized carbons (Fsp3) is 0. The van der Waals surface area contributed by atoms with Gasteiger partial charge >= 0.3 is 0 Å². The smallest absolute Gasteiger partial charge is 0.257 e. The molecule has 0 aliphatic carbocycles. The predicted molar refractivity (Wildman–Crippen MR) is 126 cm³/mol. The minimum absolute atomic E-state index is 0.175. The molecule has 4 heterocycles. The molecule has 33 heavy (non-hydrogen) atoms. The summed E-state index contributed by atoms with van der Waals surface area (Å²) in [4.78, 5) is 20.2. The van der Waals surface area contributed by atoms with Crippen molar-refractivity contribution in [1.82, 2.24) is 29.8 Å². The highest BCUT2D eigenvalue weighted by Gasteiger charge is 2.14. The van der Waals surface area contributed by atoms with Crippen LogP contribution in [0.15, 0.2) is 91.4 Å². The maximum atomic E-state index is 12.9. The summed E-state index contributed by atoms with van der Waals surface area (Å²) in [6.07, 6.45) is 5.17. The first kappa shape index (κ1) is 18.9. The SMILES string of the molecule is O=C(Nc1cccc(-c2ccc3nnc(-c4cccnc4)n3n2)c1)c1c[nH]c2ccccc12. The molecule has 6 aromatic rings. The van der Waals surface area contributed by atoms with Gasteiger partial charge in [0.05, 0.1) is 11.3 Å². The number of anilines is 1. The molecule has 8 nitrogen and oxygen atoms in total. The molecule has 0 atom stereocenters. The molecule has 0 aliphatic rings. The third kappa shape index (κ3) is 3.39. The number of amides is 1. The number of carbonyl (C=O) groups is 1. The molecule has 0 spiro atoms. The Kier molecular flexibility index (Phi) is 4.40. The summed E-state index contributed by atoms with van der Waals surface area (Å²) in [5, 5.41) is 17.1. The van der Waals surface area contributed by atoms with E-state index in [0.29, 0.717) is 22.7 Å². The first-order valence-corrected chi connectivity index (χ1v) is 10.4. The van der Waals surface area contributed by atoms with Crippen LogP contribution in [0.1, 0.15) is 10.4 Å². The van der Waals surface area contributed by atoms with Crippen molar-refractivity contribution in [3.8, 4) is 22.6 Å². The van der Waals surface area contributed by atoms with Crippen molar-refractivity contribution in [2.24, 2.45) is 0 Å². The Balaban J connectivity index is 1.33. The summed E-state index contributed by atoms with van der Waals surface area (Å²) in [6.45, 7) is 0. The Hall–Kier alpha value is -4.85. The molecule has 0 saturated heterocycles. The van der Waals surface area contributed by atoms with Crippen LogP contribution >= 0.6 is 0 Å². The van der Waals surface area contributed by atoms with E-state index < -0.39 is 0 Å². The van der Waals surface area contributed by atoms with E-state index in [0.717, 1.165) is 27.7 Å². The number of hydrogen-bond donors (Lipinski definition) is 2. The predicted octanol–water partition coefficient (Wildman–Crippen LogP) is 4.59. The number of fused-ring (bicyclic) bond motifs is 2. The van der Waals surface area contributed by atoms with Crippen LogP contribution in [-0.2, 0) is 0 Å². The number of nitrogens with zero attached hydrogens (tertiary/aromatic N) is 5. The van der Waals surface area contributed by atoms with Gasteiger partial charge in [0.1, 0.15) is 0 Å². The molecule has 8 heteroatoms. The van der Waals surface area contributed by atoms with Crippen LogP contribution in [0.5, 0.6) is 0 Å².